The van der Waals surface area contributed by atoms with Crippen molar-refractivity contribution < 1.29 is 4.79 Å². The Morgan fingerprint density at radius 1 is 1.07 bits per heavy atom. The van der Waals surface area contributed by atoms with Crippen LogP contribution in [0, 0.1) is 5.92 Å². The molecule has 1 aliphatic carbocycles. The van der Waals surface area contributed by atoms with Crippen molar-refractivity contribution in [2.75, 3.05) is 13.1 Å². The molecule has 1 aliphatic heterocycles. The molecule has 0 amide bonds. The molecule has 1 saturated heterocycles. The lowest BCUT2D eigenvalue weighted by atomic mass is 9.93. The van der Waals surface area contributed by atoms with Crippen LogP contribution >= 0.6 is 0 Å². The normalized spacial score (nSPS) is 26.9. The van der Waals surface area contributed by atoms with E-state index in [-0.39, 0.29) is 0 Å². The molecule has 14 heavy (non-hydrogen) atoms. The first-order valence-corrected chi connectivity index (χ1v) is 6.08. The minimum Gasteiger partial charge on any atom is -0.303 e. The predicted molar refractivity (Wildman–Crippen MR) is 57.2 cm³/mol. The van der Waals surface area contributed by atoms with E-state index in [9.17, 15) is 4.79 Å². The van der Waals surface area contributed by atoms with Gasteiger partial charge >= 0.3 is 0 Å². The molecule has 0 radical (unpaired) electrons. The minimum absolute atomic E-state index is 0.685. The van der Waals surface area contributed by atoms with E-state index in [0.717, 1.165) is 18.7 Å². The summed E-state index contributed by atoms with van der Waals surface area (Å²) in [5.74, 6) is 0.685. The fourth-order valence-electron chi connectivity index (χ4n) is 2.96. The second-order valence-corrected chi connectivity index (χ2v) is 4.82. The number of rotatable bonds is 3. The van der Waals surface area contributed by atoms with Crippen LogP contribution in [0.15, 0.2) is 0 Å². The van der Waals surface area contributed by atoms with E-state index in [2.05, 4.69) is 4.90 Å². The monoisotopic (exact) mass is 195 g/mol. The quantitative estimate of drug-likeness (QED) is 0.644. The molecule has 0 aromatic heterocycles. The van der Waals surface area contributed by atoms with E-state index < -0.39 is 0 Å². The Morgan fingerprint density at radius 3 is 2.29 bits per heavy atom. The molecule has 80 valence electrons. The van der Waals surface area contributed by atoms with Gasteiger partial charge in [-0.1, -0.05) is 12.8 Å². The van der Waals surface area contributed by atoms with Crippen molar-refractivity contribution in [3.63, 3.8) is 0 Å². The number of nitrogens with zero attached hydrogens (tertiary/aromatic N) is 1. The summed E-state index contributed by atoms with van der Waals surface area (Å²) in [7, 11) is 0. The summed E-state index contributed by atoms with van der Waals surface area (Å²) >= 11 is 0. The Bertz CT molecular complexity index is 179. The minimum atomic E-state index is 0.685. The van der Waals surface area contributed by atoms with Gasteiger partial charge in [-0.2, -0.15) is 0 Å². The maximum Gasteiger partial charge on any atom is 0.120 e. The average Bonchev–Trinajstić information content (AvgIpc) is 2.72. The lowest BCUT2D eigenvalue weighted by Gasteiger charge is -2.35. The molecule has 2 nitrogen and oxygen atoms in total. The molecule has 0 N–H and O–H groups in total. The maximum absolute atomic E-state index is 10.4. The van der Waals surface area contributed by atoms with Gasteiger partial charge in [0.2, 0.25) is 0 Å². The van der Waals surface area contributed by atoms with Gasteiger partial charge in [0.05, 0.1) is 0 Å². The molecule has 0 spiro atoms. The van der Waals surface area contributed by atoms with Crippen molar-refractivity contribution in [1.29, 1.82) is 0 Å². The van der Waals surface area contributed by atoms with Gasteiger partial charge in [0.25, 0.3) is 0 Å². The topological polar surface area (TPSA) is 20.3 Å². The Morgan fingerprint density at radius 2 is 1.71 bits per heavy atom. The van der Waals surface area contributed by atoms with E-state index >= 15 is 0 Å². The third-order valence-electron chi connectivity index (χ3n) is 3.92. The van der Waals surface area contributed by atoms with Gasteiger partial charge < -0.3 is 9.69 Å². The Kier molecular flexibility index (Phi) is 3.57. The summed E-state index contributed by atoms with van der Waals surface area (Å²) in [4.78, 5) is 13.1. The highest BCUT2D eigenvalue weighted by molar-refractivity contribution is 5.49. The molecular formula is C12H21NO. The lowest BCUT2D eigenvalue weighted by molar-refractivity contribution is -0.109. The molecule has 0 aromatic carbocycles. The van der Waals surface area contributed by atoms with Crippen molar-refractivity contribution in [3.05, 3.63) is 0 Å². The zero-order chi connectivity index (χ0) is 9.80. The number of likely N-dealkylation sites (tertiary alicyclic amines) is 1. The van der Waals surface area contributed by atoms with Crippen LogP contribution in [0.4, 0.5) is 0 Å². The van der Waals surface area contributed by atoms with Gasteiger partial charge in [-0.3, -0.25) is 0 Å². The van der Waals surface area contributed by atoms with Crippen LogP contribution < -0.4 is 0 Å². The Balaban J connectivity index is 1.74. The van der Waals surface area contributed by atoms with Crippen LogP contribution in [0.25, 0.3) is 0 Å². The zero-order valence-electron chi connectivity index (χ0n) is 8.95. The summed E-state index contributed by atoms with van der Waals surface area (Å²) in [6.07, 6.45) is 10.1. The molecule has 1 saturated carbocycles. The molecular weight excluding hydrogens is 174 g/mol. The number of hydrogen-bond donors (Lipinski definition) is 0. The molecule has 0 unspecified atom stereocenters. The van der Waals surface area contributed by atoms with Crippen molar-refractivity contribution >= 4 is 6.29 Å². The predicted octanol–water partition coefficient (Wildman–Crippen LogP) is 2.23. The largest absolute Gasteiger partial charge is 0.303 e. The second-order valence-electron chi connectivity index (χ2n) is 4.82. The first kappa shape index (κ1) is 10.2. The summed E-state index contributed by atoms with van der Waals surface area (Å²) in [5, 5.41) is 0. The van der Waals surface area contributed by atoms with Crippen molar-refractivity contribution in [1.82, 2.24) is 4.90 Å². The summed E-state index contributed by atoms with van der Waals surface area (Å²) < 4.78 is 0. The van der Waals surface area contributed by atoms with Crippen LogP contribution in [-0.4, -0.2) is 30.3 Å². The average molecular weight is 195 g/mol. The van der Waals surface area contributed by atoms with Crippen LogP contribution in [-0.2, 0) is 4.79 Å². The summed E-state index contributed by atoms with van der Waals surface area (Å²) in [6.45, 7) is 2.48. The van der Waals surface area contributed by atoms with E-state index in [1.54, 1.807) is 0 Å². The molecule has 0 aromatic rings. The molecule has 2 aliphatic rings. The zero-order valence-corrected chi connectivity index (χ0v) is 8.95. The second kappa shape index (κ2) is 4.92. The molecule has 0 atom stereocenters. The Hall–Kier alpha value is -0.370. The van der Waals surface area contributed by atoms with Gasteiger partial charge in [0, 0.05) is 12.5 Å². The standard InChI is InChI=1S/C12H21NO/c14-10-7-11-5-8-13(9-6-11)12-3-1-2-4-12/h10-12H,1-9H2. The van der Waals surface area contributed by atoms with Gasteiger partial charge in [0.1, 0.15) is 6.29 Å². The first-order chi connectivity index (χ1) is 6.90. The van der Waals surface area contributed by atoms with E-state index in [0.29, 0.717) is 5.92 Å². The van der Waals surface area contributed by atoms with Gasteiger partial charge in [-0.25, -0.2) is 0 Å². The van der Waals surface area contributed by atoms with Crippen molar-refractivity contribution in [2.24, 2.45) is 5.92 Å². The highest BCUT2D eigenvalue weighted by atomic mass is 16.1. The Labute approximate surface area is 86.7 Å². The maximum atomic E-state index is 10.4. The summed E-state index contributed by atoms with van der Waals surface area (Å²) in [5.41, 5.74) is 0. The van der Waals surface area contributed by atoms with Crippen molar-refractivity contribution in [2.45, 2.75) is 51.0 Å². The van der Waals surface area contributed by atoms with Gasteiger partial charge in [0.15, 0.2) is 0 Å². The number of aldehydes is 1. The number of hydrogen-bond acceptors (Lipinski definition) is 2. The van der Waals surface area contributed by atoms with Crippen LogP contribution in [0.3, 0.4) is 0 Å². The van der Waals surface area contributed by atoms with Crippen molar-refractivity contribution in [3.8, 4) is 0 Å². The molecule has 2 fully saturated rings. The molecule has 0 bridgehead atoms. The molecule has 2 heteroatoms. The van der Waals surface area contributed by atoms with Crippen LogP contribution in [0.2, 0.25) is 0 Å². The fraction of sp³-hybridized carbons (Fsp3) is 0.917. The van der Waals surface area contributed by atoms with Gasteiger partial charge in [-0.05, 0) is 44.7 Å². The highest BCUT2D eigenvalue weighted by Crippen LogP contribution is 2.28. The van der Waals surface area contributed by atoms with Crippen LogP contribution in [0.5, 0.6) is 0 Å². The van der Waals surface area contributed by atoms with E-state index in [1.807, 2.05) is 0 Å². The number of piperidine rings is 1. The van der Waals surface area contributed by atoms with Gasteiger partial charge in [-0.15, -0.1) is 0 Å². The number of carbonyl (C=O) groups is 1. The highest BCUT2D eigenvalue weighted by Gasteiger charge is 2.26. The molecule has 2 rings (SSSR count). The first-order valence-electron chi connectivity index (χ1n) is 6.08. The third kappa shape index (κ3) is 2.35. The van der Waals surface area contributed by atoms with E-state index in [1.165, 1.54) is 51.6 Å². The SMILES string of the molecule is O=CCC1CCN(C2CCCC2)CC1. The smallest absolute Gasteiger partial charge is 0.120 e. The number of carbonyl (C=O) groups excluding carboxylic acids is 1. The lowest BCUT2D eigenvalue weighted by Crippen LogP contribution is -2.40. The molecule has 1 heterocycles. The van der Waals surface area contributed by atoms with E-state index in [4.69, 9.17) is 0 Å². The summed E-state index contributed by atoms with van der Waals surface area (Å²) in [6, 6.07) is 0.882. The fourth-order valence-corrected chi connectivity index (χ4v) is 2.96. The van der Waals surface area contributed by atoms with Crippen LogP contribution in [0.1, 0.15) is 44.9 Å². The third-order valence-corrected chi connectivity index (χ3v) is 3.92.